The SMILES string of the molecule is Cc1nn(CCO)c(C)c1CN1CCC(C)CC1C. The van der Waals surface area contributed by atoms with Gasteiger partial charge in [-0.15, -0.1) is 0 Å². The molecule has 1 aromatic heterocycles. The van der Waals surface area contributed by atoms with Crippen molar-refractivity contribution in [3.8, 4) is 0 Å². The molecule has 2 heterocycles. The molecule has 1 fully saturated rings. The molecule has 0 spiro atoms. The summed E-state index contributed by atoms with van der Waals surface area (Å²) in [6.45, 7) is 11.8. The molecule has 2 unspecified atom stereocenters. The van der Waals surface area contributed by atoms with Gasteiger partial charge in [0.05, 0.1) is 18.8 Å². The van der Waals surface area contributed by atoms with Crippen molar-refractivity contribution in [2.24, 2.45) is 5.92 Å². The molecular weight excluding hydrogens is 238 g/mol. The highest BCUT2D eigenvalue weighted by molar-refractivity contribution is 5.24. The lowest BCUT2D eigenvalue weighted by Gasteiger charge is -2.36. The van der Waals surface area contributed by atoms with E-state index in [1.54, 1.807) is 0 Å². The second kappa shape index (κ2) is 6.06. The summed E-state index contributed by atoms with van der Waals surface area (Å²) >= 11 is 0. The van der Waals surface area contributed by atoms with Gasteiger partial charge < -0.3 is 5.11 Å². The Kier molecular flexibility index (Phi) is 4.63. The number of aryl methyl sites for hydroxylation is 1. The summed E-state index contributed by atoms with van der Waals surface area (Å²) in [5.41, 5.74) is 3.66. The number of aromatic nitrogens is 2. The van der Waals surface area contributed by atoms with E-state index < -0.39 is 0 Å². The lowest BCUT2D eigenvalue weighted by atomic mass is 9.93. The van der Waals surface area contributed by atoms with Crippen LogP contribution in [0.1, 0.15) is 43.6 Å². The molecule has 2 atom stereocenters. The van der Waals surface area contributed by atoms with Crippen molar-refractivity contribution in [3.05, 3.63) is 17.0 Å². The molecule has 108 valence electrons. The van der Waals surface area contributed by atoms with E-state index in [1.807, 2.05) is 4.68 Å². The molecule has 1 N–H and O–H groups in total. The third kappa shape index (κ3) is 3.18. The Labute approximate surface area is 116 Å². The normalized spacial score (nSPS) is 24.9. The molecule has 4 nitrogen and oxygen atoms in total. The molecule has 0 aliphatic carbocycles. The van der Waals surface area contributed by atoms with Crippen LogP contribution in [-0.4, -0.2) is 39.0 Å². The molecule has 19 heavy (non-hydrogen) atoms. The van der Waals surface area contributed by atoms with Crippen molar-refractivity contribution in [2.45, 2.75) is 59.7 Å². The number of aliphatic hydroxyl groups excluding tert-OH is 1. The van der Waals surface area contributed by atoms with Crippen molar-refractivity contribution >= 4 is 0 Å². The van der Waals surface area contributed by atoms with Gasteiger partial charge in [0.25, 0.3) is 0 Å². The van der Waals surface area contributed by atoms with Crippen molar-refractivity contribution in [3.63, 3.8) is 0 Å². The monoisotopic (exact) mass is 265 g/mol. The summed E-state index contributed by atoms with van der Waals surface area (Å²) in [6.07, 6.45) is 2.59. The average molecular weight is 265 g/mol. The third-order valence-corrected chi connectivity index (χ3v) is 4.48. The minimum absolute atomic E-state index is 0.152. The minimum atomic E-state index is 0.152. The molecule has 1 aliphatic rings. The van der Waals surface area contributed by atoms with E-state index in [2.05, 4.69) is 37.7 Å². The van der Waals surface area contributed by atoms with Gasteiger partial charge in [-0.25, -0.2) is 0 Å². The molecule has 4 heteroatoms. The Morgan fingerprint density at radius 3 is 2.68 bits per heavy atom. The van der Waals surface area contributed by atoms with Crippen LogP contribution in [0.25, 0.3) is 0 Å². The molecule has 0 aromatic carbocycles. The molecule has 0 amide bonds. The van der Waals surface area contributed by atoms with Crippen LogP contribution in [0.5, 0.6) is 0 Å². The van der Waals surface area contributed by atoms with Crippen LogP contribution < -0.4 is 0 Å². The summed E-state index contributed by atoms with van der Waals surface area (Å²) in [5, 5.41) is 13.6. The summed E-state index contributed by atoms with van der Waals surface area (Å²) < 4.78 is 1.93. The first-order chi connectivity index (χ1) is 9.02. The van der Waals surface area contributed by atoms with E-state index in [0.717, 1.165) is 18.2 Å². The molecule has 0 bridgehead atoms. The number of hydrogen-bond acceptors (Lipinski definition) is 3. The smallest absolute Gasteiger partial charge is 0.0644 e. The van der Waals surface area contributed by atoms with E-state index in [-0.39, 0.29) is 6.61 Å². The molecule has 1 aromatic rings. The Morgan fingerprint density at radius 2 is 2.05 bits per heavy atom. The summed E-state index contributed by atoms with van der Waals surface area (Å²) in [6, 6.07) is 0.656. The number of aliphatic hydroxyl groups is 1. The highest BCUT2D eigenvalue weighted by Crippen LogP contribution is 2.25. The van der Waals surface area contributed by atoms with E-state index in [4.69, 9.17) is 5.11 Å². The van der Waals surface area contributed by atoms with Gasteiger partial charge in [-0.2, -0.15) is 5.10 Å². The quantitative estimate of drug-likeness (QED) is 0.906. The predicted molar refractivity (Wildman–Crippen MR) is 77.1 cm³/mol. The number of piperidine rings is 1. The van der Waals surface area contributed by atoms with Gasteiger partial charge in [0.15, 0.2) is 0 Å². The average Bonchev–Trinajstić information content (AvgIpc) is 2.60. The van der Waals surface area contributed by atoms with Gasteiger partial charge in [-0.3, -0.25) is 9.58 Å². The first-order valence-corrected chi connectivity index (χ1v) is 7.40. The zero-order valence-electron chi connectivity index (χ0n) is 12.7. The number of likely N-dealkylation sites (tertiary alicyclic amines) is 1. The van der Waals surface area contributed by atoms with E-state index in [9.17, 15) is 0 Å². The second-order valence-electron chi connectivity index (χ2n) is 6.05. The number of hydrogen-bond donors (Lipinski definition) is 1. The Hall–Kier alpha value is -0.870. The van der Waals surface area contributed by atoms with Gasteiger partial charge in [0.2, 0.25) is 0 Å². The number of rotatable bonds is 4. The largest absolute Gasteiger partial charge is 0.394 e. The lowest BCUT2D eigenvalue weighted by Crippen LogP contribution is -2.39. The first-order valence-electron chi connectivity index (χ1n) is 7.40. The van der Waals surface area contributed by atoms with Crippen molar-refractivity contribution < 1.29 is 5.11 Å². The highest BCUT2D eigenvalue weighted by atomic mass is 16.3. The summed E-state index contributed by atoms with van der Waals surface area (Å²) in [4.78, 5) is 2.57. The van der Waals surface area contributed by atoms with Gasteiger partial charge in [0, 0.05) is 23.8 Å². The summed E-state index contributed by atoms with van der Waals surface area (Å²) in [5.74, 6) is 0.852. The molecule has 0 radical (unpaired) electrons. The van der Waals surface area contributed by atoms with Crippen molar-refractivity contribution in [2.75, 3.05) is 13.2 Å². The lowest BCUT2D eigenvalue weighted by molar-refractivity contribution is 0.121. The second-order valence-corrected chi connectivity index (χ2v) is 6.05. The molecule has 1 aliphatic heterocycles. The van der Waals surface area contributed by atoms with Gasteiger partial charge in [-0.05, 0) is 46.1 Å². The fourth-order valence-electron chi connectivity index (χ4n) is 3.17. The van der Waals surface area contributed by atoms with Crippen LogP contribution in [0.3, 0.4) is 0 Å². The van der Waals surface area contributed by atoms with Crippen molar-refractivity contribution in [1.82, 2.24) is 14.7 Å². The van der Waals surface area contributed by atoms with E-state index in [1.165, 1.54) is 30.6 Å². The zero-order valence-corrected chi connectivity index (χ0v) is 12.7. The van der Waals surface area contributed by atoms with Gasteiger partial charge in [0.1, 0.15) is 0 Å². The Bertz CT molecular complexity index is 427. The maximum Gasteiger partial charge on any atom is 0.0644 e. The highest BCUT2D eigenvalue weighted by Gasteiger charge is 2.24. The van der Waals surface area contributed by atoms with Crippen LogP contribution in [0.15, 0.2) is 0 Å². The van der Waals surface area contributed by atoms with Crippen LogP contribution in [-0.2, 0) is 13.1 Å². The maximum absolute atomic E-state index is 9.07. The van der Waals surface area contributed by atoms with Crippen LogP contribution >= 0.6 is 0 Å². The number of nitrogens with zero attached hydrogens (tertiary/aromatic N) is 3. The van der Waals surface area contributed by atoms with Gasteiger partial charge >= 0.3 is 0 Å². The summed E-state index contributed by atoms with van der Waals surface area (Å²) in [7, 11) is 0. The Morgan fingerprint density at radius 1 is 1.32 bits per heavy atom. The minimum Gasteiger partial charge on any atom is -0.394 e. The fraction of sp³-hybridized carbons (Fsp3) is 0.800. The maximum atomic E-state index is 9.07. The Balaban J connectivity index is 2.10. The molecular formula is C15H27N3O. The standard InChI is InChI=1S/C15H27N3O/c1-11-5-6-17(12(2)9-11)10-15-13(3)16-18(7-8-19)14(15)4/h11-12,19H,5-10H2,1-4H3. The van der Waals surface area contributed by atoms with Crippen LogP contribution in [0, 0.1) is 19.8 Å². The molecule has 2 rings (SSSR count). The fourth-order valence-corrected chi connectivity index (χ4v) is 3.17. The topological polar surface area (TPSA) is 41.3 Å². The molecule has 1 saturated heterocycles. The zero-order chi connectivity index (χ0) is 14.0. The molecule has 0 saturated carbocycles. The van der Waals surface area contributed by atoms with Gasteiger partial charge in [-0.1, -0.05) is 6.92 Å². The predicted octanol–water partition coefficient (Wildman–Crippen LogP) is 2.11. The van der Waals surface area contributed by atoms with E-state index >= 15 is 0 Å². The van der Waals surface area contributed by atoms with Crippen molar-refractivity contribution in [1.29, 1.82) is 0 Å². The van der Waals surface area contributed by atoms with E-state index in [0.29, 0.717) is 12.6 Å². The first kappa shape index (κ1) is 14.5. The van der Waals surface area contributed by atoms with Crippen LogP contribution in [0.4, 0.5) is 0 Å². The third-order valence-electron chi connectivity index (χ3n) is 4.48. The van der Waals surface area contributed by atoms with Crippen LogP contribution in [0.2, 0.25) is 0 Å².